The number of aryl methyl sites for hydroxylation is 2. The van der Waals surface area contributed by atoms with Crippen molar-refractivity contribution in [2.75, 3.05) is 6.54 Å². The third-order valence-electron chi connectivity index (χ3n) is 4.95. The van der Waals surface area contributed by atoms with Crippen molar-refractivity contribution in [3.8, 4) is 0 Å². The van der Waals surface area contributed by atoms with Crippen LogP contribution in [-0.2, 0) is 17.4 Å². The molecule has 1 N–H and O–H groups in total. The molecule has 1 atom stereocenters. The first kappa shape index (κ1) is 20.8. The number of carbonyl (C=O) groups is 1. The predicted octanol–water partition coefficient (Wildman–Crippen LogP) is 3.61. The molecule has 29 heavy (non-hydrogen) atoms. The van der Waals surface area contributed by atoms with E-state index in [1.165, 1.54) is 0 Å². The van der Waals surface area contributed by atoms with Gasteiger partial charge in [0.1, 0.15) is 0 Å². The summed E-state index contributed by atoms with van der Waals surface area (Å²) in [5.41, 5.74) is 2.57. The first-order valence-electron chi connectivity index (χ1n) is 9.32. The van der Waals surface area contributed by atoms with Crippen LogP contribution in [0.25, 0.3) is 5.78 Å². The average Bonchev–Trinajstić information content (AvgIpc) is 3.11. The van der Waals surface area contributed by atoms with Crippen LogP contribution in [0.5, 0.6) is 0 Å². The van der Waals surface area contributed by atoms with Gasteiger partial charge in [-0.15, -0.1) is 5.10 Å². The summed E-state index contributed by atoms with van der Waals surface area (Å²) in [7, 11) is 0. The van der Waals surface area contributed by atoms with Crippen molar-refractivity contribution in [1.29, 1.82) is 0 Å². The third kappa shape index (κ3) is 4.55. The van der Waals surface area contributed by atoms with E-state index in [0.29, 0.717) is 23.5 Å². The molecule has 0 radical (unpaired) electrons. The first-order chi connectivity index (χ1) is 13.7. The molecule has 0 saturated carbocycles. The van der Waals surface area contributed by atoms with Gasteiger partial charge in [0.2, 0.25) is 5.91 Å². The van der Waals surface area contributed by atoms with E-state index in [1.807, 2.05) is 30.3 Å². The van der Waals surface area contributed by atoms with E-state index in [4.69, 9.17) is 0 Å². The Hall–Kier alpha value is -2.97. The maximum atomic E-state index is 12.9. The van der Waals surface area contributed by atoms with Crippen molar-refractivity contribution in [1.82, 2.24) is 24.9 Å². The van der Waals surface area contributed by atoms with Gasteiger partial charge in [0, 0.05) is 29.4 Å². The highest BCUT2D eigenvalue weighted by Crippen LogP contribution is 2.27. The van der Waals surface area contributed by atoms with Crippen LogP contribution in [0.3, 0.4) is 0 Å². The summed E-state index contributed by atoms with van der Waals surface area (Å²) in [5, 5.41) is 6.43. The second-order valence-corrected chi connectivity index (χ2v) is 6.90. The number of carbonyl (C=O) groups excluding carboxylic acids is 1. The Bertz CT molecular complexity index is 1010. The fourth-order valence-electron chi connectivity index (χ4n) is 3.27. The van der Waals surface area contributed by atoms with Gasteiger partial charge < -0.3 is 5.32 Å². The van der Waals surface area contributed by atoms with Crippen molar-refractivity contribution in [3.05, 3.63) is 58.7 Å². The molecule has 2 heterocycles. The number of alkyl halides is 3. The predicted molar refractivity (Wildman–Crippen MR) is 101 cm³/mol. The van der Waals surface area contributed by atoms with Crippen LogP contribution in [0.4, 0.5) is 13.2 Å². The number of nitrogens with zero attached hydrogens (tertiary/aromatic N) is 4. The number of fused-ring (bicyclic) bond motifs is 1. The van der Waals surface area contributed by atoms with Gasteiger partial charge in [-0.2, -0.15) is 18.2 Å². The summed E-state index contributed by atoms with van der Waals surface area (Å²) in [6, 6.07) is 9.91. The molecule has 1 aromatic carbocycles. The number of rotatable bonds is 6. The maximum absolute atomic E-state index is 12.9. The largest absolute Gasteiger partial charge is 0.453 e. The van der Waals surface area contributed by atoms with E-state index in [0.717, 1.165) is 16.5 Å². The van der Waals surface area contributed by atoms with Crippen molar-refractivity contribution >= 4 is 11.7 Å². The minimum Gasteiger partial charge on any atom is -0.355 e. The van der Waals surface area contributed by atoms with E-state index in [2.05, 4.69) is 27.3 Å². The Labute approximate surface area is 166 Å². The SMILES string of the molecule is CCC(CNC(=O)Cc1c(C)nc2nc(C(F)(F)F)nn2c1C)c1ccccc1. The van der Waals surface area contributed by atoms with Gasteiger partial charge in [-0.3, -0.25) is 4.79 Å². The zero-order valence-corrected chi connectivity index (χ0v) is 16.4. The summed E-state index contributed by atoms with van der Waals surface area (Å²) in [4.78, 5) is 20.0. The van der Waals surface area contributed by atoms with Gasteiger partial charge in [0.15, 0.2) is 0 Å². The van der Waals surface area contributed by atoms with Crippen LogP contribution in [0.2, 0.25) is 0 Å². The molecule has 0 bridgehead atoms. The maximum Gasteiger partial charge on any atom is 0.453 e. The Balaban J connectivity index is 1.76. The topological polar surface area (TPSA) is 72.2 Å². The Morgan fingerprint density at radius 1 is 1.17 bits per heavy atom. The molecular formula is C20H22F3N5O. The number of hydrogen-bond donors (Lipinski definition) is 1. The lowest BCUT2D eigenvalue weighted by Crippen LogP contribution is -2.30. The molecule has 0 aliphatic rings. The molecule has 9 heteroatoms. The van der Waals surface area contributed by atoms with E-state index in [-0.39, 0.29) is 24.0 Å². The quantitative estimate of drug-likeness (QED) is 0.680. The number of amides is 1. The van der Waals surface area contributed by atoms with Crippen LogP contribution in [0.1, 0.15) is 47.6 Å². The van der Waals surface area contributed by atoms with Gasteiger partial charge in [-0.05, 0) is 25.8 Å². The minimum absolute atomic E-state index is 0.00699. The zero-order valence-electron chi connectivity index (χ0n) is 16.4. The second kappa shape index (κ2) is 8.18. The van der Waals surface area contributed by atoms with Gasteiger partial charge in [0.05, 0.1) is 6.42 Å². The fraction of sp³-hybridized carbons (Fsp3) is 0.400. The molecule has 3 rings (SSSR count). The molecule has 0 aliphatic carbocycles. The summed E-state index contributed by atoms with van der Waals surface area (Å²) < 4.78 is 39.7. The number of aromatic nitrogens is 4. The van der Waals surface area contributed by atoms with Gasteiger partial charge in [-0.1, -0.05) is 37.3 Å². The standard InChI is InChI=1S/C20H22F3N5O/c1-4-14(15-8-6-5-7-9-15)11-24-17(29)10-16-12(2)25-19-26-18(20(21,22)23)27-28(19)13(16)3/h5-9,14H,4,10-11H2,1-3H3,(H,24,29). The monoisotopic (exact) mass is 405 g/mol. The molecule has 0 fully saturated rings. The molecule has 0 spiro atoms. The third-order valence-corrected chi connectivity index (χ3v) is 4.95. The van der Waals surface area contributed by atoms with Crippen LogP contribution < -0.4 is 5.32 Å². The number of hydrogen-bond acceptors (Lipinski definition) is 4. The highest BCUT2D eigenvalue weighted by molar-refractivity contribution is 5.79. The Kier molecular flexibility index (Phi) is 5.86. The van der Waals surface area contributed by atoms with Gasteiger partial charge >= 0.3 is 6.18 Å². The van der Waals surface area contributed by atoms with E-state index >= 15 is 0 Å². The number of nitrogens with one attached hydrogen (secondary N) is 1. The van der Waals surface area contributed by atoms with Crippen LogP contribution in [-0.4, -0.2) is 32.0 Å². The number of halogens is 3. The van der Waals surface area contributed by atoms with Crippen molar-refractivity contribution < 1.29 is 18.0 Å². The van der Waals surface area contributed by atoms with E-state index in [1.54, 1.807) is 13.8 Å². The molecule has 2 aromatic heterocycles. The summed E-state index contributed by atoms with van der Waals surface area (Å²) in [5.74, 6) is -1.41. The molecule has 6 nitrogen and oxygen atoms in total. The van der Waals surface area contributed by atoms with E-state index in [9.17, 15) is 18.0 Å². The van der Waals surface area contributed by atoms with Crippen molar-refractivity contribution in [3.63, 3.8) is 0 Å². The highest BCUT2D eigenvalue weighted by atomic mass is 19.4. The summed E-state index contributed by atoms with van der Waals surface area (Å²) >= 11 is 0. The minimum atomic E-state index is -4.65. The van der Waals surface area contributed by atoms with E-state index < -0.39 is 12.0 Å². The lowest BCUT2D eigenvalue weighted by Gasteiger charge is -2.17. The summed E-state index contributed by atoms with van der Waals surface area (Å²) in [6.07, 6.45) is -3.78. The summed E-state index contributed by atoms with van der Waals surface area (Å²) in [6.45, 7) is 5.79. The van der Waals surface area contributed by atoms with Crippen molar-refractivity contribution in [2.24, 2.45) is 0 Å². The Morgan fingerprint density at radius 3 is 2.48 bits per heavy atom. The molecule has 1 unspecified atom stereocenters. The van der Waals surface area contributed by atoms with Crippen molar-refractivity contribution in [2.45, 2.75) is 45.7 Å². The van der Waals surface area contributed by atoms with Crippen LogP contribution in [0.15, 0.2) is 30.3 Å². The fourth-order valence-corrected chi connectivity index (χ4v) is 3.27. The zero-order chi connectivity index (χ0) is 21.2. The van der Waals surface area contributed by atoms with Gasteiger partial charge in [-0.25, -0.2) is 9.50 Å². The average molecular weight is 405 g/mol. The second-order valence-electron chi connectivity index (χ2n) is 6.90. The lowest BCUT2D eigenvalue weighted by atomic mass is 9.96. The normalized spacial score (nSPS) is 12.9. The molecule has 0 aliphatic heterocycles. The molecule has 3 aromatic rings. The Morgan fingerprint density at radius 2 is 1.86 bits per heavy atom. The highest BCUT2D eigenvalue weighted by Gasteiger charge is 2.37. The first-order valence-corrected chi connectivity index (χ1v) is 9.32. The molecule has 0 saturated heterocycles. The smallest absolute Gasteiger partial charge is 0.355 e. The van der Waals surface area contributed by atoms with Crippen LogP contribution >= 0.6 is 0 Å². The van der Waals surface area contributed by atoms with Crippen LogP contribution in [0, 0.1) is 13.8 Å². The molecule has 154 valence electrons. The lowest BCUT2D eigenvalue weighted by molar-refractivity contribution is -0.144. The molecule has 1 amide bonds. The number of benzene rings is 1. The molecular weight excluding hydrogens is 383 g/mol. The van der Waals surface area contributed by atoms with Gasteiger partial charge in [0.25, 0.3) is 11.6 Å².